The van der Waals surface area contributed by atoms with Crippen LogP contribution >= 0.6 is 31.9 Å². The minimum Gasteiger partial charge on any atom is -0.478 e. The Labute approximate surface area is 101 Å². The number of furan rings is 1. The van der Waals surface area contributed by atoms with Crippen LogP contribution < -0.4 is 0 Å². The van der Waals surface area contributed by atoms with Crippen LogP contribution in [0.1, 0.15) is 12.2 Å². The first-order valence-electron chi connectivity index (χ1n) is 3.98. The summed E-state index contributed by atoms with van der Waals surface area (Å²) in [6, 6.07) is 1.70. The third-order valence-corrected chi connectivity index (χ3v) is 3.58. The smallest absolute Gasteiger partial charge is 0.348 e. The van der Waals surface area contributed by atoms with Crippen LogP contribution in [0.4, 0.5) is 0 Å². The Morgan fingerprint density at radius 3 is 2.80 bits per heavy atom. The van der Waals surface area contributed by atoms with Crippen molar-refractivity contribution in [2.45, 2.75) is 12.5 Å². The van der Waals surface area contributed by atoms with Gasteiger partial charge in [0.15, 0.2) is 10.4 Å². The summed E-state index contributed by atoms with van der Waals surface area (Å²) in [5, 5.41) is 12.4. The third kappa shape index (κ3) is 2.07. The number of nitrogens with zero attached hydrogens (tertiary/aromatic N) is 1. The molecule has 1 aliphatic heterocycles. The summed E-state index contributed by atoms with van der Waals surface area (Å²) >= 11 is 6.44. The van der Waals surface area contributed by atoms with Gasteiger partial charge in [0.25, 0.3) is 0 Å². The fraction of sp³-hybridized carbons (Fsp3) is 0.250. The lowest BCUT2D eigenvalue weighted by Gasteiger charge is -1.98. The predicted molar refractivity (Wildman–Crippen MR) is 57.8 cm³/mol. The quantitative estimate of drug-likeness (QED) is 0.898. The highest BCUT2D eigenvalue weighted by atomic mass is 79.9. The van der Waals surface area contributed by atoms with Gasteiger partial charge >= 0.3 is 5.97 Å². The van der Waals surface area contributed by atoms with E-state index in [0.717, 1.165) is 4.47 Å². The van der Waals surface area contributed by atoms with E-state index < -0.39 is 12.1 Å². The van der Waals surface area contributed by atoms with Crippen molar-refractivity contribution in [1.29, 1.82) is 0 Å². The van der Waals surface area contributed by atoms with E-state index in [1.807, 2.05) is 0 Å². The van der Waals surface area contributed by atoms with Gasteiger partial charge in [0, 0.05) is 12.5 Å². The molecule has 0 aromatic carbocycles. The second kappa shape index (κ2) is 3.97. The van der Waals surface area contributed by atoms with Gasteiger partial charge in [-0.25, -0.2) is 4.79 Å². The molecule has 0 radical (unpaired) electrons. The molecule has 1 atom stereocenters. The Hall–Kier alpha value is -0.820. The summed E-state index contributed by atoms with van der Waals surface area (Å²) in [5.74, 6) is -0.532. The number of oxime groups is 1. The zero-order chi connectivity index (χ0) is 11.0. The minimum absolute atomic E-state index is 0.210. The van der Waals surface area contributed by atoms with Gasteiger partial charge < -0.3 is 14.4 Å². The number of carboxylic acid groups (broad SMARTS) is 1. The molecule has 0 saturated carbocycles. The van der Waals surface area contributed by atoms with E-state index in [2.05, 4.69) is 37.0 Å². The van der Waals surface area contributed by atoms with E-state index in [4.69, 9.17) is 14.4 Å². The van der Waals surface area contributed by atoms with Gasteiger partial charge in [-0.1, -0.05) is 5.16 Å². The molecular weight excluding hydrogens is 334 g/mol. The number of hydrogen-bond donors (Lipinski definition) is 1. The molecule has 2 rings (SSSR count). The first kappa shape index (κ1) is 10.7. The van der Waals surface area contributed by atoms with Crippen molar-refractivity contribution in [3.63, 3.8) is 0 Å². The molecule has 5 nitrogen and oxygen atoms in total. The second-order valence-corrected chi connectivity index (χ2v) is 4.48. The molecule has 1 unspecified atom stereocenters. The molecule has 0 saturated heterocycles. The zero-order valence-electron chi connectivity index (χ0n) is 7.24. The van der Waals surface area contributed by atoms with Gasteiger partial charge in [-0.3, -0.25) is 0 Å². The maximum absolute atomic E-state index is 10.6. The van der Waals surface area contributed by atoms with Crippen molar-refractivity contribution in [3.05, 3.63) is 21.0 Å². The van der Waals surface area contributed by atoms with Crippen LogP contribution in [0.2, 0.25) is 0 Å². The van der Waals surface area contributed by atoms with Crippen LogP contribution in [0.3, 0.4) is 0 Å². The Morgan fingerprint density at radius 1 is 1.60 bits per heavy atom. The van der Waals surface area contributed by atoms with E-state index in [1.165, 1.54) is 0 Å². The van der Waals surface area contributed by atoms with Gasteiger partial charge in [0.05, 0.1) is 4.47 Å². The summed E-state index contributed by atoms with van der Waals surface area (Å²) < 4.78 is 6.58. The molecule has 1 aromatic rings. The van der Waals surface area contributed by atoms with Crippen molar-refractivity contribution in [2.24, 2.45) is 5.16 Å². The maximum Gasteiger partial charge on any atom is 0.348 e. The number of hydrogen-bond acceptors (Lipinski definition) is 4. The molecule has 0 aliphatic carbocycles. The molecule has 80 valence electrons. The Kier molecular flexibility index (Phi) is 2.83. The highest BCUT2D eigenvalue weighted by Crippen LogP contribution is 2.29. The molecule has 0 bridgehead atoms. The van der Waals surface area contributed by atoms with E-state index in [-0.39, 0.29) is 6.42 Å². The Bertz CT molecular complexity index is 420. The molecule has 7 heteroatoms. The van der Waals surface area contributed by atoms with E-state index in [0.29, 0.717) is 16.1 Å². The predicted octanol–water partition coefficient (Wildman–Crippen LogP) is 2.38. The lowest BCUT2D eigenvalue weighted by atomic mass is 10.1. The van der Waals surface area contributed by atoms with Crippen molar-refractivity contribution in [2.75, 3.05) is 0 Å². The Morgan fingerprint density at radius 2 is 2.33 bits per heavy atom. The number of rotatable bonds is 2. The normalized spacial score (nSPS) is 19.9. The van der Waals surface area contributed by atoms with E-state index in [1.54, 1.807) is 6.07 Å². The molecule has 1 aromatic heterocycles. The van der Waals surface area contributed by atoms with Crippen LogP contribution in [0.25, 0.3) is 0 Å². The summed E-state index contributed by atoms with van der Waals surface area (Å²) in [5.41, 5.74) is 0.494. The molecule has 1 aliphatic rings. The average Bonchev–Trinajstić information content (AvgIpc) is 2.74. The molecule has 1 N–H and O–H groups in total. The van der Waals surface area contributed by atoms with Crippen LogP contribution in [-0.4, -0.2) is 22.9 Å². The Balaban J connectivity index is 2.17. The van der Waals surface area contributed by atoms with E-state index in [9.17, 15) is 4.79 Å². The first-order valence-corrected chi connectivity index (χ1v) is 5.57. The lowest BCUT2D eigenvalue weighted by molar-refractivity contribution is -0.148. The molecule has 15 heavy (non-hydrogen) atoms. The third-order valence-electron chi connectivity index (χ3n) is 1.87. The fourth-order valence-corrected chi connectivity index (χ4v) is 1.72. The molecular formula is C8H5Br2NO4. The van der Waals surface area contributed by atoms with Gasteiger partial charge in [0.2, 0.25) is 6.10 Å². The zero-order valence-corrected chi connectivity index (χ0v) is 10.4. The number of carbonyl (C=O) groups is 1. The van der Waals surface area contributed by atoms with E-state index >= 15 is 0 Å². The van der Waals surface area contributed by atoms with Crippen molar-refractivity contribution in [1.82, 2.24) is 0 Å². The molecule has 0 fully saturated rings. The van der Waals surface area contributed by atoms with Gasteiger partial charge in [-0.05, 0) is 31.9 Å². The van der Waals surface area contributed by atoms with Gasteiger partial charge in [0.1, 0.15) is 5.71 Å². The summed E-state index contributed by atoms with van der Waals surface area (Å²) in [7, 11) is 0. The standard InChI is InChI=1S/C8H5Br2NO4/c9-3-1-5(14-7(3)10)4-2-6(8(12)13)15-11-4/h1,6H,2H2,(H,12,13). The van der Waals surface area contributed by atoms with Crippen LogP contribution in [0.5, 0.6) is 0 Å². The SMILES string of the molecule is O=C(O)C1CC(c2cc(Br)c(Br)o2)=NO1. The number of carboxylic acids is 1. The summed E-state index contributed by atoms with van der Waals surface area (Å²) in [6.45, 7) is 0. The van der Waals surface area contributed by atoms with Gasteiger partial charge in [-0.15, -0.1) is 0 Å². The maximum atomic E-state index is 10.6. The van der Waals surface area contributed by atoms with Crippen molar-refractivity contribution >= 4 is 43.5 Å². The second-order valence-electron chi connectivity index (χ2n) is 2.91. The topological polar surface area (TPSA) is 72.0 Å². The van der Waals surface area contributed by atoms with Crippen LogP contribution in [0.15, 0.2) is 24.8 Å². The average molecular weight is 339 g/mol. The number of halogens is 2. The fourth-order valence-electron chi connectivity index (χ4n) is 1.14. The largest absolute Gasteiger partial charge is 0.478 e. The molecule has 0 spiro atoms. The van der Waals surface area contributed by atoms with Crippen molar-refractivity contribution in [3.8, 4) is 0 Å². The minimum atomic E-state index is -1.03. The monoisotopic (exact) mass is 337 g/mol. The molecule has 0 amide bonds. The lowest BCUT2D eigenvalue weighted by Crippen LogP contribution is -2.19. The van der Waals surface area contributed by atoms with Gasteiger partial charge in [-0.2, -0.15) is 0 Å². The number of aliphatic carboxylic acids is 1. The van der Waals surface area contributed by atoms with Crippen molar-refractivity contribution < 1.29 is 19.2 Å². The highest BCUT2D eigenvalue weighted by Gasteiger charge is 2.30. The van der Waals surface area contributed by atoms with Crippen LogP contribution in [-0.2, 0) is 9.63 Å². The summed E-state index contributed by atoms with van der Waals surface area (Å²) in [4.78, 5) is 15.3. The first-order chi connectivity index (χ1) is 7.08. The highest BCUT2D eigenvalue weighted by molar-refractivity contribution is 9.13. The molecule has 2 heterocycles. The van der Waals surface area contributed by atoms with Crippen LogP contribution in [0, 0.1) is 0 Å². The summed E-state index contributed by atoms with van der Waals surface area (Å²) in [6.07, 6.45) is -0.704.